The largest absolute Gasteiger partial charge is 0.385 e. The third-order valence-corrected chi connectivity index (χ3v) is 4.09. The first kappa shape index (κ1) is 15.9. The third-order valence-electron chi connectivity index (χ3n) is 4.09. The summed E-state index contributed by atoms with van der Waals surface area (Å²) in [6, 6.07) is 7.46. The maximum absolute atomic E-state index is 13.1. The minimum Gasteiger partial charge on any atom is -0.385 e. The lowest BCUT2D eigenvalue weighted by Gasteiger charge is -2.28. The lowest BCUT2D eigenvalue weighted by Crippen LogP contribution is -2.28. The van der Waals surface area contributed by atoms with Crippen LogP contribution in [0.5, 0.6) is 0 Å². The van der Waals surface area contributed by atoms with E-state index in [0.717, 1.165) is 17.7 Å². The summed E-state index contributed by atoms with van der Waals surface area (Å²) in [6.45, 7) is 2.68. The first-order valence-electron chi connectivity index (χ1n) is 7.75. The Labute approximate surface area is 124 Å². The molecule has 1 aliphatic carbocycles. The molecule has 0 aliphatic heterocycles. The first-order chi connectivity index (χ1) is 10.00. The third kappa shape index (κ3) is 4.80. The van der Waals surface area contributed by atoms with Gasteiger partial charge in [-0.25, -0.2) is 8.78 Å². The van der Waals surface area contributed by atoms with Crippen molar-refractivity contribution >= 4 is 11.5 Å². The van der Waals surface area contributed by atoms with Crippen molar-refractivity contribution in [3.05, 3.63) is 29.8 Å². The van der Waals surface area contributed by atoms with Gasteiger partial charge in [-0.1, -0.05) is 19.1 Å². The van der Waals surface area contributed by atoms with Crippen molar-refractivity contribution in [1.29, 1.82) is 0 Å². The van der Waals surface area contributed by atoms with Gasteiger partial charge in [0.25, 0.3) is 0 Å². The Balaban J connectivity index is 1.86. The number of rotatable bonds is 6. The second-order valence-electron chi connectivity index (χ2n) is 5.93. The minimum atomic E-state index is -2.47. The molecule has 21 heavy (non-hydrogen) atoms. The zero-order valence-corrected chi connectivity index (χ0v) is 12.5. The first-order valence-corrected chi connectivity index (χ1v) is 7.75. The maximum atomic E-state index is 13.1. The van der Waals surface area contributed by atoms with E-state index in [9.17, 15) is 13.6 Å². The van der Waals surface area contributed by atoms with Gasteiger partial charge >= 0.3 is 0 Å². The molecule has 1 aliphatic rings. The van der Waals surface area contributed by atoms with E-state index < -0.39 is 5.92 Å². The summed E-state index contributed by atoms with van der Waals surface area (Å²) in [7, 11) is 0. The summed E-state index contributed by atoms with van der Waals surface area (Å²) in [6.07, 6.45) is 2.51. The quantitative estimate of drug-likeness (QED) is 0.756. The summed E-state index contributed by atoms with van der Waals surface area (Å²) in [5.41, 5.74) is 1.62. The van der Waals surface area contributed by atoms with Gasteiger partial charge in [-0.3, -0.25) is 4.79 Å². The average molecular weight is 295 g/mol. The molecule has 1 saturated carbocycles. The Kier molecular flexibility index (Phi) is 5.32. The Morgan fingerprint density at radius 3 is 2.71 bits per heavy atom. The second kappa shape index (κ2) is 7.01. The van der Waals surface area contributed by atoms with Gasteiger partial charge in [-0.2, -0.15) is 0 Å². The van der Waals surface area contributed by atoms with Crippen molar-refractivity contribution in [2.45, 2.75) is 51.4 Å². The lowest BCUT2D eigenvalue weighted by atomic mass is 9.87. The summed E-state index contributed by atoms with van der Waals surface area (Å²) < 4.78 is 26.2. The molecule has 2 rings (SSSR count). The molecule has 0 amide bonds. The van der Waals surface area contributed by atoms with Crippen molar-refractivity contribution in [2.75, 3.05) is 11.9 Å². The van der Waals surface area contributed by atoms with Crippen LogP contribution in [0.3, 0.4) is 0 Å². The van der Waals surface area contributed by atoms with Crippen molar-refractivity contribution in [3.63, 3.8) is 0 Å². The molecule has 0 spiro atoms. The smallest absolute Gasteiger partial charge is 0.248 e. The number of hydrogen-bond acceptors (Lipinski definition) is 2. The van der Waals surface area contributed by atoms with Gasteiger partial charge in [-0.15, -0.1) is 0 Å². The van der Waals surface area contributed by atoms with Gasteiger partial charge in [-0.05, 0) is 37.3 Å². The van der Waals surface area contributed by atoms with Crippen LogP contribution in [0.4, 0.5) is 14.5 Å². The molecule has 116 valence electrons. The van der Waals surface area contributed by atoms with Gasteiger partial charge in [0.2, 0.25) is 5.92 Å². The number of ketones is 1. The molecule has 1 N–H and O–H groups in total. The van der Waals surface area contributed by atoms with E-state index in [1.807, 2.05) is 31.2 Å². The van der Waals surface area contributed by atoms with Crippen LogP contribution in [-0.4, -0.2) is 18.3 Å². The molecule has 0 saturated heterocycles. The van der Waals surface area contributed by atoms with Crippen molar-refractivity contribution < 1.29 is 13.6 Å². The van der Waals surface area contributed by atoms with E-state index in [-0.39, 0.29) is 18.6 Å². The van der Waals surface area contributed by atoms with Crippen molar-refractivity contribution in [1.82, 2.24) is 0 Å². The van der Waals surface area contributed by atoms with E-state index in [1.165, 1.54) is 0 Å². The van der Waals surface area contributed by atoms with Crippen LogP contribution in [0.2, 0.25) is 0 Å². The fourth-order valence-electron chi connectivity index (χ4n) is 2.74. The number of anilines is 1. The number of alkyl halides is 2. The Bertz CT molecular complexity index is 477. The summed E-state index contributed by atoms with van der Waals surface area (Å²) in [5.74, 6) is -2.03. The number of Topliss-reactive ketones (excluding diaryl/α,β-unsaturated/α-hetero) is 1. The molecule has 0 unspecified atom stereocenters. The highest BCUT2D eigenvalue weighted by atomic mass is 19.3. The number of nitrogens with one attached hydrogen (secondary N) is 1. The molecule has 1 aromatic rings. The number of halogens is 2. The van der Waals surface area contributed by atoms with Crippen molar-refractivity contribution in [3.8, 4) is 0 Å². The van der Waals surface area contributed by atoms with E-state index in [2.05, 4.69) is 5.32 Å². The molecule has 0 heterocycles. The lowest BCUT2D eigenvalue weighted by molar-refractivity contribution is -0.0443. The standard InChI is InChI=1S/C17H23F2NO/c1-2-4-16(21)14-5-3-6-15(11-14)20-12-13-7-9-17(18,19)10-8-13/h3,5-6,11,13,20H,2,4,7-10,12H2,1H3. The highest BCUT2D eigenvalue weighted by molar-refractivity contribution is 5.96. The van der Waals surface area contributed by atoms with Crippen LogP contribution >= 0.6 is 0 Å². The van der Waals surface area contributed by atoms with Gasteiger partial charge < -0.3 is 5.32 Å². The monoisotopic (exact) mass is 295 g/mol. The molecule has 0 aromatic heterocycles. The van der Waals surface area contributed by atoms with E-state index in [1.54, 1.807) is 0 Å². The van der Waals surface area contributed by atoms with Crippen molar-refractivity contribution in [2.24, 2.45) is 5.92 Å². The van der Waals surface area contributed by atoms with Crippen LogP contribution in [-0.2, 0) is 0 Å². The van der Waals surface area contributed by atoms with Crippen LogP contribution in [0.1, 0.15) is 55.8 Å². The SMILES string of the molecule is CCCC(=O)c1cccc(NCC2CCC(F)(F)CC2)c1. The number of benzene rings is 1. The molecule has 0 bridgehead atoms. The highest BCUT2D eigenvalue weighted by Gasteiger charge is 2.34. The predicted molar refractivity (Wildman–Crippen MR) is 81.1 cm³/mol. The molecule has 2 nitrogen and oxygen atoms in total. The van der Waals surface area contributed by atoms with Crippen LogP contribution in [0.15, 0.2) is 24.3 Å². The number of carbonyl (C=O) groups is 1. The molecule has 1 aromatic carbocycles. The Morgan fingerprint density at radius 2 is 2.05 bits per heavy atom. The van der Waals surface area contributed by atoms with Gasteiger partial charge in [0.1, 0.15) is 0 Å². The van der Waals surface area contributed by atoms with Gasteiger partial charge in [0.05, 0.1) is 0 Å². The molecule has 0 radical (unpaired) electrons. The van der Waals surface area contributed by atoms with E-state index in [0.29, 0.717) is 31.7 Å². The summed E-state index contributed by atoms with van der Waals surface area (Å²) in [4.78, 5) is 11.9. The van der Waals surface area contributed by atoms with E-state index >= 15 is 0 Å². The minimum absolute atomic E-state index is 0.00558. The molecule has 4 heteroatoms. The van der Waals surface area contributed by atoms with E-state index in [4.69, 9.17) is 0 Å². The fourth-order valence-corrected chi connectivity index (χ4v) is 2.74. The molecular weight excluding hydrogens is 272 g/mol. The Hall–Kier alpha value is -1.45. The van der Waals surface area contributed by atoms with Crippen LogP contribution in [0.25, 0.3) is 0 Å². The predicted octanol–water partition coefficient (Wildman–Crippen LogP) is 4.91. The normalized spacial score (nSPS) is 18.4. The second-order valence-corrected chi connectivity index (χ2v) is 5.93. The molecule has 0 atom stereocenters. The fraction of sp³-hybridized carbons (Fsp3) is 0.588. The highest BCUT2D eigenvalue weighted by Crippen LogP contribution is 2.36. The van der Waals surface area contributed by atoms with Crippen LogP contribution in [0, 0.1) is 5.92 Å². The zero-order valence-electron chi connectivity index (χ0n) is 12.5. The molecule has 1 fully saturated rings. The number of hydrogen-bond donors (Lipinski definition) is 1. The average Bonchev–Trinajstić information content (AvgIpc) is 2.47. The molecular formula is C17H23F2NO. The number of carbonyl (C=O) groups excluding carboxylic acids is 1. The summed E-state index contributed by atoms with van der Waals surface area (Å²) in [5, 5.41) is 3.28. The summed E-state index contributed by atoms with van der Waals surface area (Å²) >= 11 is 0. The van der Waals surface area contributed by atoms with Gasteiger partial charge in [0.15, 0.2) is 5.78 Å². The topological polar surface area (TPSA) is 29.1 Å². The maximum Gasteiger partial charge on any atom is 0.248 e. The Morgan fingerprint density at radius 1 is 1.33 bits per heavy atom. The zero-order chi connectivity index (χ0) is 15.3. The van der Waals surface area contributed by atoms with Crippen LogP contribution < -0.4 is 5.32 Å². The van der Waals surface area contributed by atoms with Gasteiger partial charge in [0, 0.05) is 37.1 Å².